The Kier molecular flexibility index (Phi) is 6.62. The maximum absolute atomic E-state index is 5.87. The zero-order chi connectivity index (χ0) is 19.2. The van der Waals surface area contributed by atoms with Crippen molar-refractivity contribution < 1.29 is 14.8 Å². The molecule has 0 bridgehead atoms. The molecule has 4 heteroatoms. The van der Waals surface area contributed by atoms with Gasteiger partial charge in [0.25, 0.3) is 0 Å². The van der Waals surface area contributed by atoms with E-state index in [1.165, 1.54) is 22.4 Å². The smallest absolute Gasteiger partial charge is 0.161 e. The molecule has 0 saturated heterocycles. The van der Waals surface area contributed by atoms with Crippen molar-refractivity contribution in [1.29, 1.82) is 0 Å². The summed E-state index contributed by atoms with van der Waals surface area (Å²) >= 11 is 0. The van der Waals surface area contributed by atoms with Gasteiger partial charge in [0.05, 0.1) is 19.8 Å². The molecule has 4 nitrogen and oxygen atoms in total. The first-order valence-corrected chi connectivity index (χ1v) is 10.3. The van der Waals surface area contributed by atoms with Gasteiger partial charge in [0.15, 0.2) is 11.5 Å². The van der Waals surface area contributed by atoms with Gasteiger partial charge < -0.3 is 19.7 Å². The van der Waals surface area contributed by atoms with Crippen LogP contribution < -0.4 is 19.7 Å². The molecule has 1 heterocycles. The number of ether oxygens (including phenoxy) is 2. The fourth-order valence-electron chi connectivity index (χ4n) is 3.99. The first-order valence-electron chi connectivity index (χ1n) is 10.3. The van der Waals surface area contributed by atoms with Crippen LogP contribution in [0.5, 0.6) is 11.5 Å². The summed E-state index contributed by atoms with van der Waals surface area (Å²) in [4.78, 5) is 2.38. The van der Waals surface area contributed by atoms with Gasteiger partial charge in [-0.25, -0.2) is 0 Å². The van der Waals surface area contributed by atoms with E-state index in [0.29, 0.717) is 19.3 Å². The van der Waals surface area contributed by atoms with E-state index in [0.717, 1.165) is 37.6 Å². The van der Waals surface area contributed by atoms with Gasteiger partial charge >= 0.3 is 0 Å². The van der Waals surface area contributed by atoms with Crippen LogP contribution in [0.3, 0.4) is 0 Å². The van der Waals surface area contributed by atoms with Crippen molar-refractivity contribution in [1.82, 2.24) is 0 Å². The number of nitrogens with two attached hydrogens (primary N) is 1. The molecule has 27 heavy (non-hydrogen) atoms. The number of fused-ring (bicyclic) bond motifs is 1. The molecule has 0 amide bonds. The molecular weight excluding hydrogens is 336 g/mol. The first-order chi connectivity index (χ1) is 13.2. The predicted molar refractivity (Wildman–Crippen MR) is 111 cm³/mol. The molecule has 0 fully saturated rings. The molecule has 0 spiro atoms. The van der Waals surface area contributed by atoms with E-state index >= 15 is 0 Å². The molecule has 0 aromatic heterocycles. The van der Waals surface area contributed by atoms with Gasteiger partial charge in [-0.1, -0.05) is 12.1 Å². The molecule has 0 aliphatic carbocycles. The third kappa shape index (κ3) is 4.22. The number of anilines is 1. The van der Waals surface area contributed by atoms with Crippen LogP contribution in [0.15, 0.2) is 36.4 Å². The lowest BCUT2D eigenvalue weighted by atomic mass is 9.89. The highest BCUT2D eigenvalue weighted by molar-refractivity contribution is 5.52. The third-order valence-corrected chi connectivity index (χ3v) is 5.34. The van der Waals surface area contributed by atoms with E-state index in [4.69, 9.17) is 9.47 Å². The van der Waals surface area contributed by atoms with Crippen molar-refractivity contribution in [2.24, 2.45) is 0 Å². The van der Waals surface area contributed by atoms with Gasteiger partial charge in [-0.05, 0) is 57.5 Å². The highest BCUT2D eigenvalue weighted by Crippen LogP contribution is 2.36. The molecule has 146 valence electrons. The first kappa shape index (κ1) is 19.6. The average molecular weight is 370 g/mol. The normalized spacial score (nSPS) is 15.9. The van der Waals surface area contributed by atoms with Crippen LogP contribution >= 0.6 is 0 Å². The SMILES string of the molecule is CCOc1cc2c(cc1OCC)[C@H](c1ccc(N(CC)CC)cc1)[NH2+]CC2. The molecule has 1 aliphatic heterocycles. The number of hydrogen-bond donors (Lipinski definition) is 1. The summed E-state index contributed by atoms with van der Waals surface area (Å²) in [5.41, 5.74) is 5.37. The lowest BCUT2D eigenvalue weighted by Crippen LogP contribution is -2.87. The summed E-state index contributed by atoms with van der Waals surface area (Å²) in [5.74, 6) is 1.73. The Morgan fingerprint density at radius 2 is 1.56 bits per heavy atom. The highest BCUT2D eigenvalue weighted by Gasteiger charge is 2.27. The van der Waals surface area contributed by atoms with Crippen molar-refractivity contribution >= 4 is 5.69 Å². The van der Waals surface area contributed by atoms with Crippen LogP contribution in [0.2, 0.25) is 0 Å². The Labute approximate surface area is 163 Å². The fourth-order valence-corrected chi connectivity index (χ4v) is 3.99. The molecule has 1 aliphatic rings. The summed E-state index contributed by atoms with van der Waals surface area (Å²) in [6.45, 7) is 12.9. The quantitative estimate of drug-likeness (QED) is 0.773. The van der Waals surface area contributed by atoms with E-state index in [1.807, 2.05) is 13.8 Å². The van der Waals surface area contributed by atoms with Crippen molar-refractivity contribution in [3.8, 4) is 11.5 Å². The molecule has 2 aromatic carbocycles. The Balaban J connectivity index is 1.94. The van der Waals surface area contributed by atoms with Crippen LogP contribution in [0.4, 0.5) is 5.69 Å². The minimum atomic E-state index is 0.314. The number of nitrogens with zero attached hydrogens (tertiary/aromatic N) is 1. The van der Waals surface area contributed by atoms with Crippen molar-refractivity contribution in [2.75, 3.05) is 37.7 Å². The molecule has 1 atom stereocenters. The summed E-state index contributed by atoms with van der Waals surface area (Å²) in [6, 6.07) is 13.8. The maximum Gasteiger partial charge on any atom is 0.161 e. The Hall–Kier alpha value is -2.20. The van der Waals surface area contributed by atoms with Gasteiger partial charge in [-0.2, -0.15) is 0 Å². The van der Waals surface area contributed by atoms with Crippen LogP contribution in [-0.4, -0.2) is 32.8 Å². The lowest BCUT2D eigenvalue weighted by molar-refractivity contribution is -0.690. The zero-order valence-electron chi connectivity index (χ0n) is 17.1. The van der Waals surface area contributed by atoms with Crippen LogP contribution in [0, 0.1) is 0 Å². The van der Waals surface area contributed by atoms with Crippen LogP contribution in [0.1, 0.15) is 50.4 Å². The molecule has 0 saturated carbocycles. The van der Waals surface area contributed by atoms with Gasteiger partial charge in [0.2, 0.25) is 0 Å². The zero-order valence-corrected chi connectivity index (χ0v) is 17.1. The van der Waals surface area contributed by atoms with E-state index in [9.17, 15) is 0 Å². The Morgan fingerprint density at radius 1 is 0.926 bits per heavy atom. The lowest BCUT2D eigenvalue weighted by Gasteiger charge is -2.27. The van der Waals surface area contributed by atoms with Crippen molar-refractivity contribution in [3.05, 3.63) is 53.1 Å². The highest BCUT2D eigenvalue weighted by atomic mass is 16.5. The van der Waals surface area contributed by atoms with Crippen molar-refractivity contribution in [2.45, 2.75) is 40.2 Å². The summed E-state index contributed by atoms with van der Waals surface area (Å²) in [6.07, 6.45) is 1.07. The van der Waals surface area contributed by atoms with Crippen LogP contribution in [-0.2, 0) is 6.42 Å². The Morgan fingerprint density at radius 3 is 2.15 bits per heavy atom. The van der Waals surface area contributed by atoms with E-state index in [-0.39, 0.29) is 0 Å². The molecule has 3 rings (SSSR count). The molecule has 2 aromatic rings. The number of hydrogen-bond acceptors (Lipinski definition) is 3. The maximum atomic E-state index is 5.87. The second-order valence-electron chi connectivity index (χ2n) is 6.88. The number of rotatable bonds is 8. The number of benzene rings is 2. The summed E-state index contributed by atoms with van der Waals surface area (Å²) in [7, 11) is 0. The van der Waals surface area contributed by atoms with Crippen LogP contribution in [0.25, 0.3) is 0 Å². The molecular formula is C23H33N2O2+. The second-order valence-corrected chi connectivity index (χ2v) is 6.88. The third-order valence-electron chi connectivity index (χ3n) is 5.34. The van der Waals surface area contributed by atoms with Gasteiger partial charge in [-0.3, -0.25) is 0 Å². The van der Waals surface area contributed by atoms with Gasteiger partial charge in [0, 0.05) is 36.3 Å². The van der Waals surface area contributed by atoms with Gasteiger partial charge in [0.1, 0.15) is 6.04 Å². The minimum Gasteiger partial charge on any atom is -0.490 e. The van der Waals surface area contributed by atoms with E-state index in [1.54, 1.807) is 0 Å². The van der Waals surface area contributed by atoms with E-state index in [2.05, 4.69) is 60.5 Å². The monoisotopic (exact) mass is 369 g/mol. The van der Waals surface area contributed by atoms with Gasteiger partial charge in [-0.15, -0.1) is 0 Å². The fraction of sp³-hybridized carbons (Fsp3) is 0.478. The molecule has 0 radical (unpaired) electrons. The topological polar surface area (TPSA) is 38.3 Å². The average Bonchev–Trinajstić information content (AvgIpc) is 2.70. The number of quaternary nitrogens is 1. The van der Waals surface area contributed by atoms with Crippen molar-refractivity contribution in [3.63, 3.8) is 0 Å². The minimum absolute atomic E-state index is 0.314. The summed E-state index contributed by atoms with van der Waals surface area (Å²) in [5, 5.41) is 2.44. The second kappa shape index (κ2) is 9.14. The molecule has 2 N–H and O–H groups in total. The Bertz CT molecular complexity index is 739. The summed E-state index contributed by atoms with van der Waals surface area (Å²) < 4.78 is 11.7. The molecule has 0 unspecified atom stereocenters. The standard InChI is InChI=1S/C23H32N2O2/c1-5-25(6-2)19-11-9-17(10-12-19)23-20-16-22(27-8-4)21(26-7-3)15-18(20)13-14-24-23/h9-12,15-16,23-24H,5-8,13-14H2,1-4H3/p+1/t23-/m0/s1. The van der Waals surface area contributed by atoms with E-state index < -0.39 is 0 Å². The predicted octanol–water partition coefficient (Wildman–Crippen LogP) is 3.54. The largest absolute Gasteiger partial charge is 0.490 e.